The minimum absolute atomic E-state index is 0.181. The topological polar surface area (TPSA) is 28.6 Å². The predicted octanol–water partition coefficient (Wildman–Crippen LogP) is 4.05. The molecule has 7 heteroatoms. The van der Waals surface area contributed by atoms with Crippen LogP contribution in [0.2, 0.25) is 5.15 Å². The van der Waals surface area contributed by atoms with Gasteiger partial charge in [0.2, 0.25) is 0 Å². The van der Waals surface area contributed by atoms with Crippen LogP contribution in [0.3, 0.4) is 0 Å². The van der Waals surface area contributed by atoms with E-state index in [0.717, 1.165) is 48.2 Å². The van der Waals surface area contributed by atoms with Crippen LogP contribution in [0.25, 0.3) is 0 Å². The third kappa shape index (κ3) is 4.37. The zero-order valence-corrected chi connectivity index (χ0v) is 15.4. The summed E-state index contributed by atoms with van der Waals surface area (Å²) >= 11 is 7.89. The van der Waals surface area contributed by atoms with Crippen LogP contribution in [0.15, 0.2) is 24.3 Å². The molecule has 1 aliphatic heterocycles. The van der Waals surface area contributed by atoms with E-state index in [1.54, 1.807) is 23.5 Å². The smallest absolute Gasteiger partial charge is 0.186 e. The van der Waals surface area contributed by atoms with E-state index < -0.39 is 0 Å². The van der Waals surface area contributed by atoms with Crippen LogP contribution in [0, 0.1) is 5.82 Å². The summed E-state index contributed by atoms with van der Waals surface area (Å²) in [6.07, 6.45) is 2.09. The molecule has 0 bridgehead atoms. The molecule has 130 valence electrons. The van der Waals surface area contributed by atoms with Crippen LogP contribution in [-0.2, 0) is 6.54 Å². The Morgan fingerprint density at radius 2 is 1.96 bits per heavy atom. The Bertz CT molecular complexity index is 669. The summed E-state index contributed by atoms with van der Waals surface area (Å²) in [7, 11) is 3.94. The average molecular weight is 370 g/mol. The molecule has 1 aromatic heterocycles. The highest BCUT2D eigenvalue weighted by molar-refractivity contribution is 7.16. The lowest BCUT2D eigenvalue weighted by Gasteiger charge is -2.31. The number of likely N-dealkylation sites (tertiary alicyclic amines) is 1. The standard InChI is InChI=1S/C17H21ClFN3OS/c1-21(2)17-20-16(18)15(24-17)11-22-9-7-14(8-10-22)23-13-5-3-12(19)4-6-13/h3-6,14H,7-11H2,1-2H3. The van der Waals surface area contributed by atoms with Crippen LogP contribution < -0.4 is 9.64 Å². The fraction of sp³-hybridized carbons (Fsp3) is 0.471. The first kappa shape index (κ1) is 17.5. The first-order valence-electron chi connectivity index (χ1n) is 7.98. The van der Waals surface area contributed by atoms with E-state index in [-0.39, 0.29) is 11.9 Å². The zero-order chi connectivity index (χ0) is 17.1. The predicted molar refractivity (Wildman–Crippen MR) is 96.8 cm³/mol. The maximum atomic E-state index is 12.9. The van der Waals surface area contributed by atoms with Gasteiger partial charge in [0.15, 0.2) is 5.13 Å². The van der Waals surface area contributed by atoms with Crippen molar-refractivity contribution in [1.82, 2.24) is 9.88 Å². The molecule has 2 aromatic rings. The molecule has 0 radical (unpaired) electrons. The number of nitrogens with zero attached hydrogens (tertiary/aromatic N) is 3. The number of ether oxygens (including phenoxy) is 1. The van der Waals surface area contributed by atoms with Gasteiger partial charge in [-0.25, -0.2) is 9.37 Å². The molecule has 4 nitrogen and oxygen atoms in total. The Morgan fingerprint density at radius 1 is 1.29 bits per heavy atom. The van der Waals surface area contributed by atoms with E-state index in [0.29, 0.717) is 5.15 Å². The maximum Gasteiger partial charge on any atom is 0.186 e. The molecule has 0 spiro atoms. The van der Waals surface area contributed by atoms with Gasteiger partial charge in [-0.15, -0.1) is 0 Å². The minimum Gasteiger partial charge on any atom is -0.490 e. The highest BCUT2D eigenvalue weighted by Crippen LogP contribution is 2.30. The van der Waals surface area contributed by atoms with Crippen LogP contribution >= 0.6 is 22.9 Å². The second-order valence-corrected chi connectivity index (χ2v) is 7.57. The van der Waals surface area contributed by atoms with Crippen LogP contribution in [0.4, 0.5) is 9.52 Å². The quantitative estimate of drug-likeness (QED) is 0.795. The monoisotopic (exact) mass is 369 g/mol. The van der Waals surface area contributed by atoms with Crippen molar-refractivity contribution in [2.75, 3.05) is 32.1 Å². The normalized spacial score (nSPS) is 16.3. The van der Waals surface area contributed by atoms with Gasteiger partial charge in [-0.2, -0.15) is 0 Å². The fourth-order valence-corrected chi connectivity index (χ4v) is 3.93. The molecule has 1 fully saturated rings. The molecule has 3 rings (SSSR count). The van der Waals surface area contributed by atoms with Crippen molar-refractivity contribution in [3.8, 4) is 5.75 Å². The Labute approximate surface area is 150 Å². The van der Waals surface area contributed by atoms with E-state index in [4.69, 9.17) is 16.3 Å². The Hall–Kier alpha value is -1.37. The summed E-state index contributed by atoms with van der Waals surface area (Å²) in [5.41, 5.74) is 0. The second-order valence-electron chi connectivity index (χ2n) is 6.15. The van der Waals surface area contributed by atoms with Gasteiger partial charge >= 0.3 is 0 Å². The Morgan fingerprint density at radius 3 is 2.54 bits per heavy atom. The van der Waals surface area contributed by atoms with Gasteiger partial charge in [0.25, 0.3) is 0 Å². The van der Waals surface area contributed by atoms with E-state index >= 15 is 0 Å². The summed E-state index contributed by atoms with van der Waals surface area (Å²) in [5, 5.41) is 1.54. The number of thiazole rings is 1. The minimum atomic E-state index is -0.240. The number of aromatic nitrogens is 1. The van der Waals surface area contributed by atoms with E-state index in [1.165, 1.54) is 12.1 Å². The largest absolute Gasteiger partial charge is 0.490 e. The second kappa shape index (κ2) is 7.68. The van der Waals surface area contributed by atoms with Crippen molar-refractivity contribution in [2.45, 2.75) is 25.5 Å². The van der Waals surface area contributed by atoms with Crippen LogP contribution in [0.5, 0.6) is 5.75 Å². The molecule has 0 N–H and O–H groups in total. The molecular weight excluding hydrogens is 349 g/mol. The van der Waals surface area contributed by atoms with Crippen molar-refractivity contribution in [1.29, 1.82) is 0 Å². The van der Waals surface area contributed by atoms with Gasteiger partial charge in [0.05, 0.1) is 4.88 Å². The number of piperidine rings is 1. The molecule has 1 saturated heterocycles. The lowest BCUT2D eigenvalue weighted by Crippen LogP contribution is -2.37. The zero-order valence-electron chi connectivity index (χ0n) is 13.8. The van der Waals surface area contributed by atoms with Gasteiger partial charge in [-0.3, -0.25) is 4.90 Å². The molecule has 1 aromatic carbocycles. The van der Waals surface area contributed by atoms with Gasteiger partial charge in [0.1, 0.15) is 22.8 Å². The molecule has 0 amide bonds. The van der Waals surface area contributed by atoms with Crippen LogP contribution in [-0.4, -0.2) is 43.2 Å². The van der Waals surface area contributed by atoms with Crippen molar-refractivity contribution in [3.63, 3.8) is 0 Å². The summed E-state index contributed by atoms with van der Waals surface area (Å²) in [6, 6.07) is 6.22. The molecule has 24 heavy (non-hydrogen) atoms. The van der Waals surface area contributed by atoms with E-state index in [1.807, 2.05) is 19.0 Å². The van der Waals surface area contributed by atoms with E-state index in [9.17, 15) is 4.39 Å². The van der Waals surface area contributed by atoms with Crippen molar-refractivity contribution in [3.05, 3.63) is 40.1 Å². The number of hydrogen-bond acceptors (Lipinski definition) is 5. The molecular formula is C17H21ClFN3OS. The Balaban J connectivity index is 1.51. The van der Waals surface area contributed by atoms with Crippen LogP contribution in [0.1, 0.15) is 17.7 Å². The maximum absolute atomic E-state index is 12.9. The van der Waals surface area contributed by atoms with Gasteiger partial charge < -0.3 is 9.64 Å². The average Bonchev–Trinajstić information content (AvgIpc) is 2.93. The lowest BCUT2D eigenvalue weighted by molar-refractivity contribution is 0.0973. The highest BCUT2D eigenvalue weighted by atomic mass is 35.5. The molecule has 0 atom stereocenters. The number of rotatable bonds is 5. The van der Waals surface area contributed by atoms with Crippen molar-refractivity contribution >= 4 is 28.1 Å². The van der Waals surface area contributed by atoms with Crippen molar-refractivity contribution < 1.29 is 9.13 Å². The molecule has 1 aliphatic rings. The number of anilines is 1. The summed E-state index contributed by atoms with van der Waals surface area (Å²) in [6.45, 7) is 2.74. The number of halogens is 2. The van der Waals surface area contributed by atoms with Gasteiger partial charge in [0, 0.05) is 33.7 Å². The first-order chi connectivity index (χ1) is 11.5. The molecule has 0 saturated carbocycles. The third-order valence-electron chi connectivity index (χ3n) is 4.04. The summed E-state index contributed by atoms with van der Waals surface area (Å²) in [5.74, 6) is 0.492. The third-order valence-corrected chi connectivity index (χ3v) is 5.67. The van der Waals surface area contributed by atoms with Crippen molar-refractivity contribution in [2.24, 2.45) is 0 Å². The number of benzene rings is 1. The molecule has 0 aliphatic carbocycles. The molecule has 2 heterocycles. The SMILES string of the molecule is CN(C)c1nc(Cl)c(CN2CCC(Oc3ccc(F)cc3)CC2)s1. The van der Waals surface area contributed by atoms with Gasteiger partial charge in [-0.1, -0.05) is 22.9 Å². The van der Waals surface area contributed by atoms with Gasteiger partial charge in [-0.05, 0) is 37.1 Å². The number of hydrogen-bond donors (Lipinski definition) is 0. The lowest BCUT2D eigenvalue weighted by atomic mass is 10.1. The molecule has 0 unspecified atom stereocenters. The highest BCUT2D eigenvalue weighted by Gasteiger charge is 2.22. The fourth-order valence-electron chi connectivity index (χ4n) is 2.70. The summed E-state index contributed by atoms with van der Waals surface area (Å²) < 4.78 is 18.9. The summed E-state index contributed by atoms with van der Waals surface area (Å²) in [4.78, 5) is 9.84. The van der Waals surface area contributed by atoms with E-state index in [2.05, 4.69) is 9.88 Å². The Kier molecular flexibility index (Phi) is 5.58. The first-order valence-corrected chi connectivity index (χ1v) is 9.18.